The standard InChI is InChI=1S/C27H33FN4O4S/c1-27(33)16-32(17-27)24-13-20-12-23(28)25(14-21(20)22(24)11-19-7-5-4-6-8-19)36-10-9-31(3)37(34,35)26-15-30(2)18-29-26/h4-8,12,14-15,18,22,24,33H,9-11,13,16-17H2,1-3H3. The quantitative estimate of drug-likeness (QED) is 0.460. The van der Waals surface area contributed by atoms with Crippen LogP contribution in [0.1, 0.15) is 29.5 Å². The number of likely N-dealkylation sites (N-methyl/N-ethyl adjacent to an activating group) is 1. The molecule has 3 aromatic rings. The molecule has 1 aromatic heterocycles. The van der Waals surface area contributed by atoms with Crippen molar-refractivity contribution < 1.29 is 22.7 Å². The van der Waals surface area contributed by atoms with Crippen LogP contribution in [-0.2, 0) is 29.9 Å². The number of hydrogen-bond acceptors (Lipinski definition) is 6. The van der Waals surface area contributed by atoms with Crippen LogP contribution in [0.25, 0.3) is 0 Å². The highest BCUT2D eigenvalue weighted by molar-refractivity contribution is 7.89. The van der Waals surface area contributed by atoms with Gasteiger partial charge in [0, 0.05) is 51.9 Å². The molecule has 198 valence electrons. The summed E-state index contributed by atoms with van der Waals surface area (Å²) in [5.41, 5.74) is 2.52. The minimum Gasteiger partial charge on any atom is -0.489 e. The molecule has 0 bridgehead atoms. The van der Waals surface area contributed by atoms with Crippen molar-refractivity contribution in [2.75, 3.05) is 33.3 Å². The molecule has 1 saturated heterocycles. The van der Waals surface area contributed by atoms with Crippen molar-refractivity contribution in [1.82, 2.24) is 18.8 Å². The Bertz CT molecular complexity index is 1370. The highest BCUT2D eigenvalue weighted by atomic mass is 32.2. The first-order chi connectivity index (χ1) is 17.5. The lowest BCUT2D eigenvalue weighted by molar-refractivity contribution is -0.104. The van der Waals surface area contributed by atoms with E-state index in [2.05, 4.69) is 22.0 Å². The summed E-state index contributed by atoms with van der Waals surface area (Å²) in [5, 5.41) is 10.3. The van der Waals surface area contributed by atoms with E-state index in [1.165, 1.54) is 25.1 Å². The van der Waals surface area contributed by atoms with Gasteiger partial charge in [-0.25, -0.2) is 17.8 Å². The number of aliphatic hydroxyl groups is 1. The lowest BCUT2D eigenvalue weighted by Gasteiger charge is -2.49. The molecule has 1 fully saturated rings. The van der Waals surface area contributed by atoms with Crippen LogP contribution in [0.5, 0.6) is 5.75 Å². The zero-order chi connectivity index (χ0) is 26.4. The highest BCUT2D eigenvalue weighted by Gasteiger charge is 2.46. The number of sulfonamides is 1. The number of aromatic nitrogens is 2. The molecule has 2 aliphatic rings. The number of aryl methyl sites for hydroxylation is 1. The molecule has 2 heterocycles. The molecule has 1 aliphatic carbocycles. The normalized spacial score (nSPS) is 21.1. The van der Waals surface area contributed by atoms with Crippen LogP contribution in [0, 0.1) is 5.82 Å². The second-order valence-electron chi connectivity index (χ2n) is 10.5. The van der Waals surface area contributed by atoms with Crippen molar-refractivity contribution >= 4 is 10.0 Å². The van der Waals surface area contributed by atoms with Gasteiger partial charge < -0.3 is 14.4 Å². The second kappa shape index (κ2) is 9.83. The third-order valence-electron chi connectivity index (χ3n) is 7.36. The lowest BCUT2D eigenvalue weighted by atomic mass is 9.86. The van der Waals surface area contributed by atoms with E-state index < -0.39 is 21.4 Å². The maximum atomic E-state index is 15.0. The first-order valence-electron chi connectivity index (χ1n) is 12.4. The zero-order valence-electron chi connectivity index (χ0n) is 21.3. The summed E-state index contributed by atoms with van der Waals surface area (Å²) in [6.45, 7) is 3.09. The number of benzene rings is 2. The predicted molar refractivity (Wildman–Crippen MR) is 137 cm³/mol. The van der Waals surface area contributed by atoms with Crippen LogP contribution in [0.2, 0.25) is 0 Å². The number of hydrogen-bond donors (Lipinski definition) is 1. The number of fused-ring (bicyclic) bond motifs is 1. The summed E-state index contributed by atoms with van der Waals surface area (Å²) in [5.74, 6) is -0.205. The Hall–Kier alpha value is -2.79. The van der Waals surface area contributed by atoms with E-state index in [1.54, 1.807) is 23.7 Å². The Labute approximate surface area is 217 Å². The molecule has 10 heteroatoms. The number of halogens is 1. The average Bonchev–Trinajstić information content (AvgIpc) is 3.42. The van der Waals surface area contributed by atoms with Gasteiger partial charge in [0.2, 0.25) is 0 Å². The van der Waals surface area contributed by atoms with Gasteiger partial charge in [-0.3, -0.25) is 4.90 Å². The van der Waals surface area contributed by atoms with Crippen LogP contribution >= 0.6 is 0 Å². The maximum Gasteiger partial charge on any atom is 0.261 e. The molecule has 2 unspecified atom stereocenters. The van der Waals surface area contributed by atoms with Gasteiger partial charge in [0.05, 0.1) is 11.9 Å². The van der Waals surface area contributed by atoms with Gasteiger partial charge in [-0.05, 0) is 48.6 Å². The van der Waals surface area contributed by atoms with Gasteiger partial charge in [-0.1, -0.05) is 30.3 Å². The molecule has 5 rings (SSSR count). The second-order valence-corrected chi connectivity index (χ2v) is 12.5. The van der Waals surface area contributed by atoms with E-state index >= 15 is 4.39 Å². The molecule has 0 spiro atoms. The van der Waals surface area contributed by atoms with E-state index in [0.29, 0.717) is 19.5 Å². The van der Waals surface area contributed by atoms with Gasteiger partial charge in [-0.15, -0.1) is 0 Å². The van der Waals surface area contributed by atoms with E-state index in [4.69, 9.17) is 4.74 Å². The third kappa shape index (κ3) is 5.29. The first kappa shape index (κ1) is 25.8. The smallest absolute Gasteiger partial charge is 0.261 e. The molecule has 0 amide bonds. The Morgan fingerprint density at radius 2 is 1.97 bits per heavy atom. The summed E-state index contributed by atoms with van der Waals surface area (Å²) in [7, 11) is -0.603. The first-order valence-corrected chi connectivity index (χ1v) is 13.9. The Morgan fingerprint density at radius 1 is 1.24 bits per heavy atom. The molecule has 2 atom stereocenters. The predicted octanol–water partition coefficient (Wildman–Crippen LogP) is 2.58. The molecule has 0 radical (unpaired) electrons. The number of rotatable bonds is 9. The molecular formula is C27H33FN4O4S. The molecular weight excluding hydrogens is 495 g/mol. The summed E-state index contributed by atoms with van der Waals surface area (Å²) in [6, 6.07) is 13.7. The molecule has 1 aliphatic heterocycles. The summed E-state index contributed by atoms with van der Waals surface area (Å²) >= 11 is 0. The highest BCUT2D eigenvalue weighted by Crippen LogP contribution is 2.43. The molecule has 1 N–H and O–H groups in total. The van der Waals surface area contributed by atoms with Crippen LogP contribution in [-0.4, -0.2) is 77.2 Å². The number of nitrogens with zero attached hydrogens (tertiary/aromatic N) is 4. The number of imidazole rings is 1. The van der Waals surface area contributed by atoms with Gasteiger partial charge >= 0.3 is 0 Å². The number of β-amino-alcohol motifs (C(OH)–C–C–N with tert-alkyl or cyclic N) is 1. The SMILES string of the molecule is CN(CCOc1cc2c(cc1F)CC(N1CC(C)(O)C1)C2Cc1ccccc1)S(=O)(=O)c1cn(C)cn1. The van der Waals surface area contributed by atoms with Crippen LogP contribution in [0.15, 0.2) is 60.0 Å². The minimum absolute atomic E-state index is 0.0000425. The average molecular weight is 529 g/mol. The molecule has 2 aromatic carbocycles. The van der Waals surface area contributed by atoms with E-state index in [0.717, 1.165) is 21.9 Å². The fraction of sp³-hybridized carbons (Fsp3) is 0.444. The number of likely N-dealkylation sites (tertiary alicyclic amines) is 1. The van der Waals surface area contributed by atoms with E-state index in [9.17, 15) is 13.5 Å². The largest absolute Gasteiger partial charge is 0.489 e. The van der Waals surface area contributed by atoms with Crippen molar-refractivity contribution in [3.05, 3.63) is 77.5 Å². The Morgan fingerprint density at radius 3 is 2.62 bits per heavy atom. The van der Waals surface area contributed by atoms with E-state index in [1.807, 2.05) is 25.1 Å². The molecule has 8 nitrogen and oxygen atoms in total. The number of ether oxygens (including phenoxy) is 1. The fourth-order valence-electron chi connectivity index (χ4n) is 5.46. The monoisotopic (exact) mass is 528 g/mol. The topological polar surface area (TPSA) is 87.9 Å². The molecule has 37 heavy (non-hydrogen) atoms. The zero-order valence-corrected chi connectivity index (χ0v) is 22.2. The third-order valence-corrected chi connectivity index (χ3v) is 9.10. The Balaban J connectivity index is 1.32. The van der Waals surface area contributed by atoms with Gasteiger partial charge in [0.1, 0.15) is 6.61 Å². The summed E-state index contributed by atoms with van der Waals surface area (Å²) in [6.07, 6.45) is 4.38. The van der Waals surface area contributed by atoms with Gasteiger partial charge in [0.25, 0.3) is 10.0 Å². The van der Waals surface area contributed by atoms with Crippen molar-refractivity contribution in [2.45, 2.75) is 42.4 Å². The van der Waals surface area contributed by atoms with Crippen LogP contribution in [0.3, 0.4) is 0 Å². The van der Waals surface area contributed by atoms with Crippen molar-refractivity contribution in [3.8, 4) is 5.75 Å². The van der Waals surface area contributed by atoms with Gasteiger partial charge in [-0.2, -0.15) is 4.31 Å². The van der Waals surface area contributed by atoms with Crippen molar-refractivity contribution in [3.63, 3.8) is 0 Å². The molecule has 0 saturated carbocycles. The van der Waals surface area contributed by atoms with Crippen LogP contribution < -0.4 is 4.74 Å². The fourth-order valence-corrected chi connectivity index (χ4v) is 6.58. The Kier molecular flexibility index (Phi) is 6.86. The van der Waals surface area contributed by atoms with Crippen molar-refractivity contribution in [1.29, 1.82) is 0 Å². The summed E-state index contributed by atoms with van der Waals surface area (Å²) in [4.78, 5) is 6.21. The van der Waals surface area contributed by atoms with E-state index in [-0.39, 0.29) is 35.9 Å². The van der Waals surface area contributed by atoms with Gasteiger partial charge in [0.15, 0.2) is 16.6 Å². The van der Waals surface area contributed by atoms with Crippen molar-refractivity contribution in [2.24, 2.45) is 7.05 Å². The minimum atomic E-state index is -3.76. The summed E-state index contributed by atoms with van der Waals surface area (Å²) < 4.78 is 49.0. The maximum absolute atomic E-state index is 15.0. The lowest BCUT2D eigenvalue weighted by Crippen LogP contribution is -2.63. The van der Waals surface area contributed by atoms with Crippen LogP contribution in [0.4, 0.5) is 4.39 Å².